The van der Waals surface area contributed by atoms with E-state index in [4.69, 9.17) is 19.4 Å². The quantitative estimate of drug-likeness (QED) is 0.168. The van der Waals surface area contributed by atoms with Crippen molar-refractivity contribution in [2.75, 3.05) is 0 Å². The lowest BCUT2D eigenvalue weighted by Gasteiger charge is -2.15. The summed E-state index contributed by atoms with van der Waals surface area (Å²) in [7, 11) is 0. The third kappa shape index (κ3) is 5.56. The van der Waals surface area contributed by atoms with E-state index in [0.717, 1.165) is 72.1 Å². The Labute approximate surface area is 368 Å². The van der Waals surface area contributed by atoms with E-state index < -0.39 is 0 Å². The van der Waals surface area contributed by atoms with Crippen molar-refractivity contribution in [3.8, 4) is 56.7 Å². The van der Waals surface area contributed by atoms with Crippen LogP contribution in [0.4, 0.5) is 0 Å². The van der Waals surface area contributed by atoms with Crippen molar-refractivity contribution in [1.29, 1.82) is 0 Å². The number of fused-ring (bicyclic) bond motifs is 9. The molecule has 0 aliphatic rings. The molecule has 13 rings (SSSR count). The minimum absolute atomic E-state index is 0.561. The fraction of sp³-hybridized carbons (Fsp3) is 0.0172. The lowest BCUT2D eigenvalue weighted by molar-refractivity contribution is 0.669. The summed E-state index contributed by atoms with van der Waals surface area (Å²) in [6, 6.07) is 72.6. The topological polar surface area (TPSA) is 61.7 Å². The number of nitrogens with zero attached hydrogens (tertiary/aromatic N) is 5. The summed E-state index contributed by atoms with van der Waals surface area (Å²) in [4.78, 5) is 15.4. The van der Waals surface area contributed by atoms with Gasteiger partial charge in [0.2, 0.25) is 0 Å². The van der Waals surface area contributed by atoms with Crippen molar-refractivity contribution in [3.63, 3.8) is 0 Å². The smallest absolute Gasteiger partial charge is 0.168 e. The van der Waals surface area contributed by atoms with Gasteiger partial charge in [0.1, 0.15) is 11.2 Å². The highest BCUT2D eigenvalue weighted by atomic mass is 16.3. The molecule has 6 heteroatoms. The van der Waals surface area contributed by atoms with Crippen LogP contribution in [0.2, 0.25) is 0 Å². The average Bonchev–Trinajstić information content (AvgIpc) is 4.01. The maximum absolute atomic E-state index is 7.01. The van der Waals surface area contributed by atoms with Gasteiger partial charge >= 0.3 is 0 Å². The maximum atomic E-state index is 7.01. The lowest BCUT2D eigenvalue weighted by Crippen LogP contribution is -2.03. The van der Waals surface area contributed by atoms with Crippen LogP contribution in [0.1, 0.15) is 5.56 Å². The summed E-state index contributed by atoms with van der Waals surface area (Å²) in [6.45, 7) is 2.15. The largest absolute Gasteiger partial charge is 0.455 e. The Morgan fingerprint density at radius 3 is 1.58 bits per heavy atom. The van der Waals surface area contributed by atoms with Gasteiger partial charge in [-0.2, -0.15) is 0 Å². The molecule has 0 amide bonds. The molecule has 0 aliphatic carbocycles. The van der Waals surface area contributed by atoms with Crippen molar-refractivity contribution in [2.45, 2.75) is 6.92 Å². The third-order valence-electron chi connectivity index (χ3n) is 12.7. The van der Waals surface area contributed by atoms with Crippen molar-refractivity contribution in [1.82, 2.24) is 24.1 Å². The number of aryl methyl sites for hydroxylation is 1. The fourth-order valence-electron chi connectivity index (χ4n) is 9.78. The van der Waals surface area contributed by atoms with Crippen molar-refractivity contribution in [2.24, 2.45) is 0 Å². The minimum Gasteiger partial charge on any atom is -0.455 e. The highest BCUT2D eigenvalue weighted by Crippen LogP contribution is 2.46. The maximum Gasteiger partial charge on any atom is 0.168 e. The van der Waals surface area contributed by atoms with E-state index in [0.29, 0.717) is 17.5 Å². The van der Waals surface area contributed by atoms with Gasteiger partial charge in [-0.25, -0.2) is 15.0 Å². The lowest BCUT2D eigenvalue weighted by atomic mass is 10.0. The van der Waals surface area contributed by atoms with Crippen LogP contribution in [0.25, 0.3) is 122 Å². The van der Waals surface area contributed by atoms with Gasteiger partial charge in [-0.1, -0.05) is 152 Å². The number of benzene rings is 9. The molecule has 300 valence electrons. The number of furan rings is 1. The molecule has 0 spiro atoms. The fourth-order valence-corrected chi connectivity index (χ4v) is 9.78. The second-order valence-corrected chi connectivity index (χ2v) is 16.4. The molecule has 0 radical (unpaired) electrons. The van der Waals surface area contributed by atoms with E-state index in [1.54, 1.807) is 0 Å². The van der Waals surface area contributed by atoms with E-state index in [1.165, 1.54) is 38.2 Å². The van der Waals surface area contributed by atoms with Crippen LogP contribution in [0.15, 0.2) is 211 Å². The SMILES string of the molecule is Cc1cc(-n2c3ccc(-c4ccccc4)cc3c3cc4c(cc32)c2ccccc2n4-c2ccccc2)c2c(oc3ccccc32)c1-c1nc(-c2ccccc2)nc(-c2ccccc2)n1. The summed E-state index contributed by atoms with van der Waals surface area (Å²) in [6.07, 6.45) is 0. The summed E-state index contributed by atoms with van der Waals surface area (Å²) >= 11 is 0. The van der Waals surface area contributed by atoms with Gasteiger partial charge < -0.3 is 13.6 Å². The van der Waals surface area contributed by atoms with Gasteiger partial charge in [0.25, 0.3) is 0 Å². The van der Waals surface area contributed by atoms with Crippen molar-refractivity contribution < 1.29 is 4.42 Å². The Bertz CT molecular complexity index is 3890. The normalized spacial score (nSPS) is 11.8. The second-order valence-electron chi connectivity index (χ2n) is 16.4. The third-order valence-corrected chi connectivity index (χ3v) is 12.7. The molecule has 6 nitrogen and oxygen atoms in total. The van der Waals surface area contributed by atoms with Crippen LogP contribution in [-0.4, -0.2) is 24.1 Å². The van der Waals surface area contributed by atoms with Crippen LogP contribution >= 0.6 is 0 Å². The first-order valence-electron chi connectivity index (χ1n) is 21.6. The van der Waals surface area contributed by atoms with Gasteiger partial charge in [0, 0.05) is 43.7 Å². The highest BCUT2D eigenvalue weighted by Gasteiger charge is 2.26. The van der Waals surface area contributed by atoms with E-state index in [1.807, 2.05) is 66.7 Å². The van der Waals surface area contributed by atoms with Crippen LogP contribution in [0.5, 0.6) is 0 Å². The predicted octanol–water partition coefficient (Wildman–Crippen LogP) is 14.9. The minimum atomic E-state index is 0.561. The molecule has 4 heterocycles. The Kier molecular flexibility index (Phi) is 8.02. The molecule has 0 saturated carbocycles. The summed E-state index contributed by atoms with van der Waals surface area (Å²) in [5.41, 5.74) is 14.2. The second kappa shape index (κ2) is 14.2. The Balaban J connectivity index is 1.15. The van der Waals surface area contributed by atoms with Crippen LogP contribution in [0.3, 0.4) is 0 Å². The molecular formula is C58H37N5O. The number of hydrogen-bond acceptors (Lipinski definition) is 4. The molecule has 0 fully saturated rings. The molecule has 0 unspecified atom stereocenters. The van der Waals surface area contributed by atoms with Crippen molar-refractivity contribution in [3.05, 3.63) is 212 Å². The van der Waals surface area contributed by atoms with Crippen LogP contribution < -0.4 is 0 Å². The molecule has 4 aromatic heterocycles. The molecule has 13 aromatic rings. The predicted molar refractivity (Wildman–Crippen MR) is 262 cm³/mol. The van der Waals surface area contributed by atoms with Gasteiger partial charge in [0.05, 0.1) is 38.7 Å². The molecule has 0 N–H and O–H groups in total. The number of rotatable bonds is 6. The molecule has 64 heavy (non-hydrogen) atoms. The van der Waals surface area contributed by atoms with E-state index in [9.17, 15) is 0 Å². The standard InChI is InChI=1S/C58H37N5O/c1-36-32-51(54-43-27-15-17-29-52(43)64-55(54)53(36)58-60-56(38-20-8-3-9-21-38)59-57(61-58)39-22-10-4-11-23-39)63-48-31-30-40(37-18-6-2-7-19-37)33-44(48)46-35-49-45(34-50(46)63)42-26-14-16-28-47(42)62(49)41-24-12-5-13-25-41/h2-35H,1H3. The van der Waals surface area contributed by atoms with Crippen molar-refractivity contribution >= 4 is 65.6 Å². The summed E-state index contributed by atoms with van der Waals surface area (Å²) in [5.74, 6) is 1.77. The summed E-state index contributed by atoms with van der Waals surface area (Å²) in [5, 5.41) is 6.74. The number of aromatic nitrogens is 5. The molecular weight excluding hydrogens is 783 g/mol. The Morgan fingerprint density at radius 2 is 0.891 bits per heavy atom. The van der Waals surface area contributed by atoms with Gasteiger partial charge in [-0.15, -0.1) is 0 Å². The first-order chi connectivity index (χ1) is 31.7. The number of hydrogen-bond donors (Lipinski definition) is 0. The average molecular weight is 820 g/mol. The highest BCUT2D eigenvalue weighted by molar-refractivity contribution is 6.21. The van der Waals surface area contributed by atoms with Gasteiger partial charge in [0.15, 0.2) is 17.5 Å². The molecule has 0 aliphatic heterocycles. The number of para-hydroxylation sites is 3. The van der Waals surface area contributed by atoms with Gasteiger partial charge in [-0.3, -0.25) is 0 Å². The zero-order valence-electron chi connectivity index (χ0n) is 34.8. The van der Waals surface area contributed by atoms with E-state index in [-0.39, 0.29) is 0 Å². The first-order valence-corrected chi connectivity index (χ1v) is 21.6. The molecule has 0 saturated heterocycles. The van der Waals surface area contributed by atoms with E-state index >= 15 is 0 Å². The monoisotopic (exact) mass is 819 g/mol. The van der Waals surface area contributed by atoms with Crippen LogP contribution in [-0.2, 0) is 0 Å². The Hall–Kier alpha value is -8.61. The molecule has 9 aromatic carbocycles. The van der Waals surface area contributed by atoms with Gasteiger partial charge in [-0.05, 0) is 78.2 Å². The van der Waals surface area contributed by atoms with Crippen LogP contribution in [0, 0.1) is 6.92 Å². The first kappa shape index (κ1) is 36.1. The Morgan fingerprint density at radius 1 is 0.375 bits per heavy atom. The molecule has 0 atom stereocenters. The zero-order valence-corrected chi connectivity index (χ0v) is 34.8. The summed E-state index contributed by atoms with van der Waals surface area (Å²) < 4.78 is 11.9. The zero-order chi connectivity index (χ0) is 42.3. The van der Waals surface area contributed by atoms with E-state index in [2.05, 4.69) is 156 Å². The molecule has 0 bridgehead atoms.